The molecule has 1 aliphatic rings. The number of aliphatic hydroxyl groups excluding tert-OH is 1. The Kier molecular flexibility index (Phi) is 4.70. The molecule has 0 aliphatic carbocycles. The SMILES string of the molecule is CCC(CN)C(O)C1CCOCC1. The highest BCUT2D eigenvalue weighted by atomic mass is 16.5. The third kappa shape index (κ3) is 2.93. The van der Waals surface area contributed by atoms with E-state index in [1.807, 2.05) is 0 Å². The minimum Gasteiger partial charge on any atom is -0.392 e. The van der Waals surface area contributed by atoms with Crippen LogP contribution >= 0.6 is 0 Å². The monoisotopic (exact) mass is 187 g/mol. The number of ether oxygens (including phenoxy) is 1. The molecule has 0 saturated carbocycles. The van der Waals surface area contributed by atoms with Crippen LogP contribution in [0.2, 0.25) is 0 Å². The summed E-state index contributed by atoms with van der Waals surface area (Å²) in [6.45, 7) is 4.26. The van der Waals surface area contributed by atoms with E-state index < -0.39 is 0 Å². The highest BCUT2D eigenvalue weighted by molar-refractivity contribution is 4.78. The molecule has 3 nitrogen and oxygen atoms in total. The van der Waals surface area contributed by atoms with Crippen molar-refractivity contribution in [1.82, 2.24) is 0 Å². The fourth-order valence-electron chi connectivity index (χ4n) is 1.99. The first-order chi connectivity index (χ1) is 6.29. The molecular weight excluding hydrogens is 166 g/mol. The highest BCUT2D eigenvalue weighted by Crippen LogP contribution is 2.24. The summed E-state index contributed by atoms with van der Waals surface area (Å²) in [6.07, 6.45) is 2.71. The van der Waals surface area contributed by atoms with E-state index in [0.29, 0.717) is 12.5 Å². The normalized spacial score (nSPS) is 24.2. The molecule has 3 heteroatoms. The molecule has 0 aromatic heterocycles. The van der Waals surface area contributed by atoms with Crippen LogP contribution in [0.15, 0.2) is 0 Å². The molecule has 1 rings (SSSR count). The van der Waals surface area contributed by atoms with Gasteiger partial charge in [-0.3, -0.25) is 0 Å². The van der Waals surface area contributed by atoms with Crippen molar-refractivity contribution in [3.63, 3.8) is 0 Å². The largest absolute Gasteiger partial charge is 0.392 e. The lowest BCUT2D eigenvalue weighted by Gasteiger charge is -2.31. The molecule has 0 aromatic rings. The van der Waals surface area contributed by atoms with Crippen LogP contribution in [0.25, 0.3) is 0 Å². The average Bonchev–Trinajstić information content (AvgIpc) is 2.21. The molecule has 0 radical (unpaired) electrons. The Morgan fingerprint density at radius 2 is 2.08 bits per heavy atom. The van der Waals surface area contributed by atoms with Crippen molar-refractivity contribution in [2.45, 2.75) is 32.3 Å². The lowest BCUT2D eigenvalue weighted by Crippen LogP contribution is -2.36. The van der Waals surface area contributed by atoms with Gasteiger partial charge in [-0.25, -0.2) is 0 Å². The van der Waals surface area contributed by atoms with Crippen molar-refractivity contribution in [2.75, 3.05) is 19.8 Å². The summed E-state index contributed by atoms with van der Waals surface area (Å²) in [6, 6.07) is 0. The van der Waals surface area contributed by atoms with Crippen molar-refractivity contribution in [3.05, 3.63) is 0 Å². The van der Waals surface area contributed by atoms with Crippen LogP contribution in [-0.4, -0.2) is 31.0 Å². The van der Waals surface area contributed by atoms with Crippen LogP contribution < -0.4 is 5.73 Å². The molecule has 2 unspecified atom stereocenters. The maximum Gasteiger partial charge on any atom is 0.0610 e. The number of aliphatic hydroxyl groups is 1. The fraction of sp³-hybridized carbons (Fsp3) is 1.00. The van der Waals surface area contributed by atoms with E-state index in [1.165, 1.54) is 0 Å². The summed E-state index contributed by atoms with van der Waals surface area (Å²) in [7, 11) is 0. The summed E-state index contributed by atoms with van der Waals surface area (Å²) in [5.41, 5.74) is 5.60. The number of nitrogens with two attached hydrogens (primary N) is 1. The molecule has 13 heavy (non-hydrogen) atoms. The molecule has 0 spiro atoms. The van der Waals surface area contributed by atoms with Crippen LogP contribution in [-0.2, 0) is 4.74 Å². The molecule has 0 amide bonds. The Hall–Kier alpha value is -0.120. The van der Waals surface area contributed by atoms with E-state index >= 15 is 0 Å². The van der Waals surface area contributed by atoms with Crippen molar-refractivity contribution >= 4 is 0 Å². The first kappa shape index (κ1) is 11.0. The number of rotatable bonds is 4. The van der Waals surface area contributed by atoms with Crippen molar-refractivity contribution in [2.24, 2.45) is 17.6 Å². The second kappa shape index (κ2) is 5.58. The van der Waals surface area contributed by atoms with E-state index in [1.54, 1.807) is 0 Å². The highest BCUT2D eigenvalue weighted by Gasteiger charge is 2.27. The van der Waals surface area contributed by atoms with Crippen LogP contribution in [0.5, 0.6) is 0 Å². The zero-order valence-electron chi connectivity index (χ0n) is 8.41. The lowest BCUT2D eigenvalue weighted by molar-refractivity contribution is -0.0163. The van der Waals surface area contributed by atoms with Gasteiger partial charge in [0.1, 0.15) is 0 Å². The van der Waals surface area contributed by atoms with E-state index in [2.05, 4.69) is 6.92 Å². The third-order valence-electron chi connectivity index (χ3n) is 3.06. The standard InChI is InChI=1S/C10H21NO2/c1-2-8(7-11)10(12)9-3-5-13-6-4-9/h8-10,12H,2-7,11H2,1H3. The van der Waals surface area contributed by atoms with Gasteiger partial charge in [-0.15, -0.1) is 0 Å². The zero-order chi connectivity index (χ0) is 9.68. The van der Waals surface area contributed by atoms with Gasteiger partial charge in [-0.2, -0.15) is 0 Å². The van der Waals surface area contributed by atoms with Crippen LogP contribution in [0.4, 0.5) is 0 Å². The second-order valence-corrected chi connectivity index (χ2v) is 3.84. The van der Waals surface area contributed by atoms with Crippen molar-refractivity contribution < 1.29 is 9.84 Å². The molecule has 0 bridgehead atoms. The van der Waals surface area contributed by atoms with Crippen molar-refractivity contribution in [1.29, 1.82) is 0 Å². The first-order valence-corrected chi connectivity index (χ1v) is 5.25. The Bertz CT molecular complexity index is 131. The second-order valence-electron chi connectivity index (χ2n) is 3.84. The number of hydrogen-bond donors (Lipinski definition) is 2. The van der Waals surface area contributed by atoms with Gasteiger partial charge in [0.25, 0.3) is 0 Å². The Morgan fingerprint density at radius 1 is 1.46 bits per heavy atom. The minimum atomic E-state index is -0.223. The maximum atomic E-state index is 10.00. The van der Waals surface area contributed by atoms with Gasteiger partial charge in [0, 0.05) is 13.2 Å². The summed E-state index contributed by atoms with van der Waals surface area (Å²) in [5.74, 6) is 0.672. The molecule has 0 aromatic carbocycles. The summed E-state index contributed by atoms with van der Waals surface area (Å²) < 4.78 is 5.25. The molecule has 3 N–H and O–H groups in total. The average molecular weight is 187 g/mol. The first-order valence-electron chi connectivity index (χ1n) is 5.25. The molecule has 78 valence electrons. The van der Waals surface area contributed by atoms with E-state index in [0.717, 1.165) is 32.5 Å². The summed E-state index contributed by atoms with van der Waals surface area (Å²) >= 11 is 0. The van der Waals surface area contributed by atoms with Crippen molar-refractivity contribution in [3.8, 4) is 0 Å². The molecule has 1 aliphatic heterocycles. The molecular formula is C10H21NO2. The third-order valence-corrected chi connectivity index (χ3v) is 3.06. The maximum absolute atomic E-state index is 10.00. The Morgan fingerprint density at radius 3 is 2.54 bits per heavy atom. The zero-order valence-corrected chi connectivity index (χ0v) is 8.41. The fourth-order valence-corrected chi connectivity index (χ4v) is 1.99. The quantitative estimate of drug-likeness (QED) is 0.683. The van der Waals surface area contributed by atoms with E-state index in [-0.39, 0.29) is 12.0 Å². The van der Waals surface area contributed by atoms with Crippen LogP contribution in [0.3, 0.4) is 0 Å². The summed E-state index contributed by atoms with van der Waals surface area (Å²) in [4.78, 5) is 0. The van der Waals surface area contributed by atoms with Gasteiger partial charge in [-0.1, -0.05) is 6.92 Å². The van der Waals surface area contributed by atoms with Gasteiger partial charge in [0.05, 0.1) is 6.10 Å². The molecule has 1 heterocycles. The van der Waals surface area contributed by atoms with Gasteiger partial charge >= 0.3 is 0 Å². The topological polar surface area (TPSA) is 55.5 Å². The summed E-state index contributed by atoms with van der Waals surface area (Å²) in [5, 5.41) is 10.00. The van der Waals surface area contributed by atoms with Crippen LogP contribution in [0, 0.1) is 11.8 Å². The smallest absolute Gasteiger partial charge is 0.0610 e. The Labute approximate surface area is 80.3 Å². The lowest BCUT2D eigenvalue weighted by atomic mass is 9.84. The van der Waals surface area contributed by atoms with Crippen LogP contribution in [0.1, 0.15) is 26.2 Å². The van der Waals surface area contributed by atoms with Gasteiger partial charge in [0.2, 0.25) is 0 Å². The predicted octanol–water partition coefficient (Wildman–Crippen LogP) is 0.759. The predicted molar refractivity (Wildman–Crippen MR) is 52.4 cm³/mol. The van der Waals surface area contributed by atoms with E-state index in [9.17, 15) is 5.11 Å². The Balaban J connectivity index is 2.38. The van der Waals surface area contributed by atoms with Gasteiger partial charge in [-0.05, 0) is 37.6 Å². The number of hydrogen-bond acceptors (Lipinski definition) is 3. The van der Waals surface area contributed by atoms with Gasteiger partial charge in [0.15, 0.2) is 0 Å². The molecule has 1 fully saturated rings. The molecule has 2 atom stereocenters. The van der Waals surface area contributed by atoms with E-state index in [4.69, 9.17) is 10.5 Å². The molecule has 1 saturated heterocycles. The minimum absolute atomic E-state index is 0.223. The van der Waals surface area contributed by atoms with Gasteiger partial charge < -0.3 is 15.6 Å².